The van der Waals surface area contributed by atoms with Crippen molar-refractivity contribution < 1.29 is 18.0 Å². The molecule has 0 aliphatic carbocycles. The van der Waals surface area contributed by atoms with Crippen molar-refractivity contribution in [2.24, 2.45) is 0 Å². The molecule has 1 saturated heterocycles. The lowest BCUT2D eigenvalue weighted by Crippen LogP contribution is -2.50. The van der Waals surface area contributed by atoms with E-state index in [4.69, 9.17) is 0 Å². The summed E-state index contributed by atoms with van der Waals surface area (Å²) in [5.41, 5.74) is 0.351. The van der Waals surface area contributed by atoms with Gasteiger partial charge in [0.1, 0.15) is 6.54 Å². The molecule has 1 fully saturated rings. The molecular formula is C15H17F3N6O. The molecular weight excluding hydrogens is 337 g/mol. The molecule has 10 heteroatoms. The van der Waals surface area contributed by atoms with E-state index in [1.807, 2.05) is 0 Å². The lowest BCUT2D eigenvalue weighted by Gasteiger charge is -2.35. The van der Waals surface area contributed by atoms with E-state index in [2.05, 4.69) is 15.4 Å². The second kappa shape index (κ2) is 7.41. The van der Waals surface area contributed by atoms with E-state index >= 15 is 0 Å². The van der Waals surface area contributed by atoms with Gasteiger partial charge in [0, 0.05) is 38.6 Å². The van der Waals surface area contributed by atoms with Gasteiger partial charge in [-0.1, -0.05) is 0 Å². The van der Waals surface area contributed by atoms with Gasteiger partial charge in [-0.05, 0) is 12.1 Å². The predicted molar refractivity (Wildman–Crippen MR) is 85.2 cm³/mol. The molecule has 1 N–H and O–H groups in total. The maximum absolute atomic E-state index is 13.8. The Hall–Kier alpha value is -2.78. The predicted octanol–water partition coefficient (Wildman–Crippen LogP) is 2.04. The number of rotatable bonds is 4. The average Bonchev–Trinajstić information content (AvgIpc) is 3.01. The molecule has 0 unspecified atom stereocenters. The number of hydrogen-bond donors (Lipinski definition) is 1. The summed E-state index contributed by atoms with van der Waals surface area (Å²) in [7, 11) is 0. The van der Waals surface area contributed by atoms with Crippen LogP contribution in [-0.2, 0) is 6.54 Å². The maximum atomic E-state index is 13.8. The Bertz CT molecular complexity index is 730. The first kappa shape index (κ1) is 17.1. The van der Waals surface area contributed by atoms with Crippen LogP contribution in [0, 0.1) is 5.82 Å². The van der Waals surface area contributed by atoms with Crippen molar-refractivity contribution in [2.45, 2.75) is 13.0 Å². The van der Waals surface area contributed by atoms with E-state index in [9.17, 15) is 18.0 Å². The van der Waals surface area contributed by atoms with Crippen LogP contribution in [0.3, 0.4) is 0 Å². The standard InChI is InChI=1S/C15H17F3N6O/c16-12-2-1-3-19-14(12)22-4-6-23(7-5-22)15(25)21-11-8-20-24(9-11)10-13(17)18/h1-3,8-9,13H,4-7,10H2,(H,21,25). The molecule has 3 rings (SSSR count). The van der Waals surface area contributed by atoms with Crippen molar-refractivity contribution in [3.63, 3.8) is 0 Å². The molecule has 25 heavy (non-hydrogen) atoms. The van der Waals surface area contributed by atoms with Crippen molar-refractivity contribution in [1.82, 2.24) is 19.7 Å². The highest BCUT2D eigenvalue weighted by Gasteiger charge is 2.23. The topological polar surface area (TPSA) is 66.3 Å². The number of halogens is 3. The van der Waals surface area contributed by atoms with Gasteiger partial charge in [0.2, 0.25) is 0 Å². The number of piperazine rings is 1. The highest BCUT2D eigenvalue weighted by Crippen LogP contribution is 2.17. The number of carbonyl (C=O) groups excluding carboxylic acids is 1. The Morgan fingerprint density at radius 1 is 1.28 bits per heavy atom. The molecule has 0 atom stereocenters. The Morgan fingerprint density at radius 3 is 2.72 bits per heavy atom. The summed E-state index contributed by atoms with van der Waals surface area (Å²) in [6.07, 6.45) is 1.68. The smallest absolute Gasteiger partial charge is 0.322 e. The summed E-state index contributed by atoms with van der Waals surface area (Å²) in [5, 5.41) is 6.38. The van der Waals surface area contributed by atoms with Crippen LogP contribution < -0.4 is 10.2 Å². The fraction of sp³-hybridized carbons (Fsp3) is 0.400. The molecule has 0 bridgehead atoms. The Balaban J connectivity index is 1.53. The zero-order valence-corrected chi connectivity index (χ0v) is 13.3. The Labute approximate surface area is 142 Å². The molecule has 1 aliphatic heterocycles. The van der Waals surface area contributed by atoms with Crippen LogP contribution in [0.25, 0.3) is 0 Å². The van der Waals surface area contributed by atoms with E-state index < -0.39 is 18.8 Å². The van der Waals surface area contributed by atoms with Gasteiger partial charge in [-0.25, -0.2) is 22.9 Å². The summed E-state index contributed by atoms with van der Waals surface area (Å²) < 4.78 is 39.4. The molecule has 0 saturated carbocycles. The number of nitrogens with zero attached hydrogens (tertiary/aromatic N) is 5. The highest BCUT2D eigenvalue weighted by atomic mass is 19.3. The number of amides is 2. The minimum Gasteiger partial charge on any atom is -0.351 e. The molecule has 0 radical (unpaired) electrons. The van der Waals surface area contributed by atoms with Crippen molar-refractivity contribution in [3.05, 3.63) is 36.5 Å². The minimum absolute atomic E-state index is 0.274. The molecule has 2 aromatic heterocycles. The van der Waals surface area contributed by atoms with Crippen LogP contribution >= 0.6 is 0 Å². The molecule has 2 amide bonds. The van der Waals surface area contributed by atoms with E-state index in [0.29, 0.717) is 31.9 Å². The van der Waals surface area contributed by atoms with E-state index in [-0.39, 0.29) is 11.8 Å². The molecule has 2 aromatic rings. The summed E-state index contributed by atoms with van der Waals surface area (Å²) in [4.78, 5) is 19.6. The number of hydrogen-bond acceptors (Lipinski definition) is 4. The monoisotopic (exact) mass is 354 g/mol. The summed E-state index contributed by atoms with van der Waals surface area (Å²) in [6, 6.07) is 2.52. The van der Waals surface area contributed by atoms with Gasteiger partial charge in [-0.3, -0.25) is 4.68 Å². The second-order valence-electron chi connectivity index (χ2n) is 5.56. The lowest BCUT2D eigenvalue weighted by molar-refractivity contribution is 0.122. The van der Waals surface area contributed by atoms with Gasteiger partial charge >= 0.3 is 6.03 Å². The Kier molecular flexibility index (Phi) is 5.05. The number of pyridine rings is 1. The highest BCUT2D eigenvalue weighted by molar-refractivity contribution is 5.89. The summed E-state index contributed by atoms with van der Waals surface area (Å²) in [5.74, 6) is -0.123. The van der Waals surface area contributed by atoms with E-state index in [0.717, 1.165) is 4.68 Å². The lowest BCUT2D eigenvalue weighted by atomic mass is 10.3. The molecule has 0 spiro atoms. The zero-order valence-electron chi connectivity index (χ0n) is 13.3. The quantitative estimate of drug-likeness (QED) is 0.913. The van der Waals surface area contributed by atoms with Crippen LogP contribution in [0.5, 0.6) is 0 Å². The third kappa shape index (κ3) is 4.20. The van der Waals surface area contributed by atoms with Crippen LogP contribution in [0.4, 0.5) is 29.5 Å². The van der Waals surface area contributed by atoms with Gasteiger partial charge in [0.15, 0.2) is 11.6 Å². The van der Waals surface area contributed by atoms with Crippen LogP contribution in [0.1, 0.15) is 0 Å². The van der Waals surface area contributed by atoms with Crippen LogP contribution in [0.15, 0.2) is 30.7 Å². The number of anilines is 2. The van der Waals surface area contributed by atoms with Gasteiger partial charge in [-0.15, -0.1) is 0 Å². The molecule has 1 aliphatic rings. The van der Waals surface area contributed by atoms with Gasteiger partial charge in [0.05, 0.1) is 11.9 Å². The first-order chi connectivity index (χ1) is 12.0. The summed E-state index contributed by atoms with van der Waals surface area (Å²) >= 11 is 0. The first-order valence-corrected chi connectivity index (χ1v) is 7.75. The maximum Gasteiger partial charge on any atom is 0.322 e. The molecule has 7 nitrogen and oxygen atoms in total. The minimum atomic E-state index is -2.51. The van der Waals surface area contributed by atoms with E-state index in [1.54, 1.807) is 9.80 Å². The summed E-state index contributed by atoms with van der Waals surface area (Å²) in [6.45, 7) is 1.17. The molecule has 134 valence electrons. The number of nitrogens with one attached hydrogen (secondary N) is 1. The fourth-order valence-electron chi connectivity index (χ4n) is 2.60. The van der Waals surface area contributed by atoms with Crippen molar-refractivity contribution in [3.8, 4) is 0 Å². The number of carbonyl (C=O) groups is 1. The SMILES string of the molecule is O=C(Nc1cnn(CC(F)F)c1)N1CCN(c2ncccc2F)CC1. The van der Waals surface area contributed by atoms with Gasteiger partial charge in [-0.2, -0.15) is 5.10 Å². The first-order valence-electron chi connectivity index (χ1n) is 7.75. The zero-order chi connectivity index (χ0) is 17.8. The van der Waals surface area contributed by atoms with Gasteiger partial charge in [0.25, 0.3) is 6.43 Å². The average molecular weight is 354 g/mol. The van der Waals surface area contributed by atoms with Crippen LogP contribution in [0.2, 0.25) is 0 Å². The van der Waals surface area contributed by atoms with E-state index in [1.165, 1.54) is 30.7 Å². The fourth-order valence-corrected chi connectivity index (χ4v) is 2.60. The van der Waals surface area contributed by atoms with Crippen LogP contribution in [-0.4, -0.2) is 58.3 Å². The second-order valence-corrected chi connectivity index (χ2v) is 5.56. The molecule has 0 aromatic carbocycles. The molecule has 3 heterocycles. The Morgan fingerprint density at radius 2 is 2.04 bits per heavy atom. The van der Waals surface area contributed by atoms with Gasteiger partial charge < -0.3 is 15.1 Å². The van der Waals surface area contributed by atoms with Crippen molar-refractivity contribution in [1.29, 1.82) is 0 Å². The largest absolute Gasteiger partial charge is 0.351 e. The normalized spacial score (nSPS) is 14.9. The van der Waals surface area contributed by atoms with Crippen molar-refractivity contribution in [2.75, 3.05) is 36.4 Å². The third-order valence-corrected chi connectivity index (χ3v) is 3.82. The third-order valence-electron chi connectivity index (χ3n) is 3.82. The number of alkyl halides is 2. The van der Waals surface area contributed by atoms with Crippen molar-refractivity contribution >= 4 is 17.5 Å². The number of urea groups is 1. The number of aromatic nitrogens is 3.